The van der Waals surface area contributed by atoms with Crippen LogP contribution in [0.3, 0.4) is 0 Å². The summed E-state index contributed by atoms with van der Waals surface area (Å²) in [6, 6.07) is 0.191. The molecule has 0 aromatic carbocycles. The number of carbonyl (C=O) groups is 2. The topological polar surface area (TPSA) is 52.7 Å². The molecule has 0 bridgehead atoms. The van der Waals surface area contributed by atoms with Gasteiger partial charge in [-0.25, -0.2) is 4.79 Å². The molecule has 5 nitrogen and oxygen atoms in total. The fraction of sp³-hybridized carbons (Fsp3) is 0.800. The molecule has 1 aliphatic heterocycles. The van der Waals surface area contributed by atoms with Gasteiger partial charge in [0, 0.05) is 32.2 Å². The van der Waals surface area contributed by atoms with Crippen molar-refractivity contribution in [3.63, 3.8) is 0 Å². The zero-order valence-electron chi connectivity index (χ0n) is 9.40. The predicted molar refractivity (Wildman–Crippen MR) is 57.5 cm³/mol. The fourth-order valence-electron chi connectivity index (χ4n) is 1.43. The quantitative estimate of drug-likeness (QED) is 0.684. The largest absolute Gasteiger partial charge is 0.342 e. The lowest BCUT2D eigenvalue weighted by atomic mass is 10.2. The molecule has 0 saturated carbocycles. The van der Waals surface area contributed by atoms with E-state index >= 15 is 0 Å². The first kappa shape index (κ1) is 11.8. The number of amides is 3. The maximum Gasteiger partial charge on any atom is 0.317 e. The van der Waals surface area contributed by atoms with Crippen molar-refractivity contribution in [3.8, 4) is 0 Å². The van der Waals surface area contributed by atoms with Crippen molar-refractivity contribution in [1.29, 1.82) is 0 Å². The Morgan fingerprint density at radius 3 is 2.47 bits per heavy atom. The Bertz CT molecular complexity index is 225. The molecule has 3 amide bonds. The molecule has 0 spiro atoms. The molecule has 1 heterocycles. The minimum atomic E-state index is -0.0186. The SMILES string of the molecule is CC[C@H](C)NC(=O)N1CCN(C=O)CC1. The maximum atomic E-state index is 11.7. The maximum absolute atomic E-state index is 11.7. The Hall–Kier alpha value is -1.26. The van der Waals surface area contributed by atoms with Crippen molar-refractivity contribution in [1.82, 2.24) is 15.1 Å². The van der Waals surface area contributed by atoms with Crippen LogP contribution in [-0.4, -0.2) is 54.5 Å². The molecule has 0 aromatic rings. The van der Waals surface area contributed by atoms with E-state index in [1.54, 1.807) is 9.80 Å². The summed E-state index contributed by atoms with van der Waals surface area (Å²) < 4.78 is 0. The average molecular weight is 213 g/mol. The van der Waals surface area contributed by atoms with E-state index in [0.29, 0.717) is 26.2 Å². The van der Waals surface area contributed by atoms with E-state index in [4.69, 9.17) is 0 Å². The van der Waals surface area contributed by atoms with E-state index in [9.17, 15) is 9.59 Å². The minimum absolute atomic E-state index is 0.0186. The van der Waals surface area contributed by atoms with Crippen molar-refractivity contribution in [2.24, 2.45) is 0 Å². The molecule has 1 saturated heterocycles. The molecule has 1 N–H and O–H groups in total. The van der Waals surface area contributed by atoms with Gasteiger partial charge in [0.25, 0.3) is 0 Å². The van der Waals surface area contributed by atoms with Gasteiger partial charge in [0.1, 0.15) is 0 Å². The van der Waals surface area contributed by atoms with Gasteiger partial charge in [-0.15, -0.1) is 0 Å². The molecule has 0 radical (unpaired) electrons. The first-order valence-corrected chi connectivity index (χ1v) is 5.42. The molecule has 1 fully saturated rings. The summed E-state index contributed by atoms with van der Waals surface area (Å²) in [5.41, 5.74) is 0. The van der Waals surface area contributed by atoms with Gasteiger partial charge in [0.15, 0.2) is 0 Å². The predicted octanol–water partition coefficient (Wildman–Crippen LogP) is 0.269. The van der Waals surface area contributed by atoms with Crippen LogP contribution in [0.2, 0.25) is 0 Å². The number of carbonyl (C=O) groups excluding carboxylic acids is 2. The third kappa shape index (κ3) is 3.42. The van der Waals surface area contributed by atoms with Gasteiger partial charge in [-0.1, -0.05) is 6.92 Å². The number of hydrogen-bond donors (Lipinski definition) is 1. The van der Waals surface area contributed by atoms with Crippen LogP contribution in [-0.2, 0) is 4.79 Å². The molecular formula is C10H19N3O2. The summed E-state index contributed by atoms with van der Waals surface area (Å²) in [5, 5.41) is 2.91. The van der Waals surface area contributed by atoms with Gasteiger partial charge in [-0.05, 0) is 13.3 Å². The zero-order chi connectivity index (χ0) is 11.3. The zero-order valence-corrected chi connectivity index (χ0v) is 9.40. The normalized spacial score (nSPS) is 18.5. The van der Waals surface area contributed by atoms with Crippen molar-refractivity contribution in [3.05, 3.63) is 0 Å². The molecule has 86 valence electrons. The van der Waals surface area contributed by atoms with Crippen molar-refractivity contribution < 1.29 is 9.59 Å². The third-order valence-corrected chi connectivity index (χ3v) is 2.73. The molecule has 1 aliphatic rings. The van der Waals surface area contributed by atoms with E-state index < -0.39 is 0 Å². The number of urea groups is 1. The minimum Gasteiger partial charge on any atom is -0.342 e. The van der Waals surface area contributed by atoms with Crippen LogP contribution in [0.25, 0.3) is 0 Å². The molecule has 0 unspecified atom stereocenters. The Morgan fingerprint density at radius 2 is 2.00 bits per heavy atom. The molecule has 1 atom stereocenters. The molecular weight excluding hydrogens is 194 g/mol. The summed E-state index contributed by atoms with van der Waals surface area (Å²) in [4.78, 5) is 25.6. The Morgan fingerprint density at radius 1 is 1.40 bits per heavy atom. The number of piperazine rings is 1. The molecule has 0 aliphatic carbocycles. The van der Waals surface area contributed by atoms with Crippen LogP contribution < -0.4 is 5.32 Å². The number of hydrogen-bond acceptors (Lipinski definition) is 2. The summed E-state index contributed by atoms with van der Waals surface area (Å²) in [6.45, 7) is 6.55. The van der Waals surface area contributed by atoms with Gasteiger partial charge < -0.3 is 15.1 Å². The van der Waals surface area contributed by atoms with E-state index in [1.165, 1.54) is 0 Å². The lowest BCUT2D eigenvalue weighted by molar-refractivity contribution is -0.119. The first-order valence-electron chi connectivity index (χ1n) is 5.42. The highest BCUT2D eigenvalue weighted by atomic mass is 16.2. The Kier molecular flexibility index (Phi) is 4.39. The van der Waals surface area contributed by atoms with E-state index in [0.717, 1.165) is 12.8 Å². The second-order valence-corrected chi connectivity index (χ2v) is 3.89. The highest BCUT2D eigenvalue weighted by Gasteiger charge is 2.20. The number of rotatable bonds is 3. The van der Waals surface area contributed by atoms with Crippen LogP contribution >= 0.6 is 0 Å². The molecule has 1 rings (SSSR count). The van der Waals surface area contributed by atoms with Gasteiger partial charge in [0.2, 0.25) is 6.41 Å². The molecule has 5 heteroatoms. The Balaban J connectivity index is 2.33. The van der Waals surface area contributed by atoms with Crippen molar-refractivity contribution >= 4 is 12.4 Å². The lowest BCUT2D eigenvalue weighted by Gasteiger charge is -2.33. The van der Waals surface area contributed by atoms with E-state index in [2.05, 4.69) is 5.32 Å². The second-order valence-electron chi connectivity index (χ2n) is 3.89. The smallest absolute Gasteiger partial charge is 0.317 e. The summed E-state index contributed by atoms with van der Waals surface area (Å²) >= 11 is 0. The standard InChI is InChI=1S/C10H19N3O2/c1-3-9(2)11-10(15)13-6-4-12(8-14)5-7-13/h8-9H,3-7H2,1-2H3,(H,11,15)/t9-/m0/s1. The van der Waals surface area contributed by atoms with Crippen LogP contribution in [0.1, 0.15) is 20.3 Å². The van der Waals surface area contributed by atoms with Gasteiger partial charge >= 0.3 is 6.03 Å². The molecule has 15 heavy (non-hydrogen) atoms. The van der Waals surface area contributed by atoms with Crippen LogP contribution in [0.4, 0.5) is 4.79 Å². The van der Waals surface area contributed by atoms with Crippen LogP contribution in [0.5, 0.6) is 0 Å². The van der Waals surface area contributed by atoms with E-state index in [1.807, 2.05) is 13.8 Å². The second kappa shape index (κ2) is 5.58. The first-order chi connectivity index (χ1) is 7.17. The number of nitrogens with zero attached hydrogens (tertiary/aromatic N) is 2. The summed E-state index contributed by atoms with van der Waals surface area (Å²) in [6.07, 6.45) is 1.77. The van der Waals surface area contributed by atoms with Gasteiger partial charge in [-0.2, -0.15) is 0 Å². The van der Waals surface area contributed by atoms with Gasteiger partial charge in [-0.3, -0.25) is 4.79 Å². The average Bonchev–Trinajstić information content (AvgIpc) is 2.29. The van der Waals surface area contributed by atoms with Crippen molar-refractivity contribution in [2.75, 3.05) is 26.2 Å². The fourth-order valence-corrected chi connectivity index (χ4v) is 1.43. The van der Waals surface area contributed by atoms with Crippen LogP contribution in [0.15, 0.2) is 0 Å². The lowest BCUT2D eigenvalue weighted by Crippen LogP contribution is -2.52. The summed E-state index contributed by atoms with van der Waals surface area (Å²) in [5.74, 6) is 0. The van der Waals surface area contributed by atoms with Crippen LogP contribution in [0, 0.1) is 0 Å². The highest BCUT2D eigenvalue weighted by molar-refractivity contribution is 5.74. The highest BCUT2D eigenvalue weighted by Crippen LogP contribution is 2.00. The van der Waals surface area contributed by atoms with Gasteiger partial charge in [0.05, 0.1) is 0 Å². The van der Waals surface area contributed by atoms with E-state index in [-0.39, 0.29) is 12.1 Å². The summed E-state index contributed by atoms with van der Waals surface area (Å²) in [7, 11) is 0. The van der Waals surface area contributed by atoms with Crippen molar-refractivity contribution in [2.45, 2.75) is 26.3 Å². The third-order valence-electron chi connectivity index (χ3n) is 2.73. The number of nitrogens with one attached hydrogen (secondary N) is 1. The Labute approximate surface area is 90.4 Å². The molecule has 0 aromatic heterocycles. The monoisotopic (exact) mass is 213 g/mol.